The molecule has 1 aliphatic rings. The molecule has 2 aromatic heterocycles. The highest BCUT2D eigenvalue weighted by Crippen LogP contribution is 2.36. The van der Waals surface area contributed by atoms with Crippen molar-refractivity contribution < 1.29 is 14.3 Å². The molecule has 5 aromatic rings. The smallest absolute Gasteiger partial charge is 0.257 e. The molecule has 220 valence electrons. The molecule has 1 N–H and O–H groups in total. The predicted octanol–water partition coefficient (Wildman–Crippen LogP) is 7.73. The van der Waals surface area contributed by atoms with Gasteiger partial charge < -0.3 is 19.7 Å². The van der Waals surface area contributed by atoms with E-state index < -0.39 is 0 Å². The van der Waals surface area contributed by atoms with E-state index in [1.807, 2.05) is 29.2 Å². The third kappa shape index (κ3) is 6.52. The fourth-order valence-electron chi connectivity index (χ4n) is 5.92. The summed E-state index contributed by atoms with van der Waals surface area (Å²) in [4.78, 5) is 20.9. The van der Waals surface area contributed by atoms with Crippen LogP contribution >= 0.6 is 11.3 Å². The number of nitrogens with one attached hydrogen (secondary N) is 1. The van der Waals surface area contributed by atoms with E-state index in [1.165, 1.54) is 16.7 Å². The van der Waals surface area contributed by atoms with Gasteiger partial charge in [0, 0.05) is 31.9 Å². The molecule has 1 saturated heterocycles. The Hall–Kier alpha value is -4.36. The van der Waals surface area contributed by atoms with E-state index in [1.54, 1.807) is 31.8 Å². The first-order valence-electron chi connectivity index (χ1n) is 14.9. The Kier molecular flexibility index (Phi) is 8.89. The third-order valence-corrected chi connectivity index (χ3v) is 9.38. The number of piperidine rings is 1. The quantitative estimate of drug-likeness (QED) is 0.180. The van der Waals surface area contributed by atoms with Crippen LogP contribution in [-0.2, 0) is 19.4 Å². The Morgan fingerprint density at radius 2 is 1.58 bits per heavy atom. The molecule has 6 nitrogen and oxygen atoms in total. The van der Waals surface area contributed by atoms with Gasteiger partial charge in [0.15, 0.2) is 0 Å². The molecule has 0 radical (unpaired) electrons. The molecular weight excluding hydrogens is 554 g/mol. The number of methoxy groups -OCH3 is 2. The molecular formula is C36H37N3O3S. The molecule has 1 aliphatic heterocycles. The Bertz CT molecular complexity index is 1660. The number of fused-ring (bicyclic) bond motifs is 1. The molecule has 0 atom stereocenters. The molecule has 43 heavy (non-hydrogen) atoms. The zero-order valence-corrected chi connectivity index (χ0v) is 25.5. The first-order chi connectivity index (χ1) is 21.1. The van der Waals surface area contributed by atoms with E-state index in [4.69, 9.17) is 14.5 Å². The van der Waals surface area contributed by atoms with Crippen molar-refractivity contribution in [2.24, 2.45) is 0 Å². The molecule has 6 rings (SSSR count). The number of aryl methyl sites for hydroxylation is 2. The van der Waals surface area contributed by atoms with Crippen molar-refractivity contribution in [2.45, 2.75) is 38.1 Å². The molecule has 0 saturated carbocycles. The van der Waals surface area contributed by atoms with Gasteiger partial charge >= 0.3 is 0 Å². The van der Waals surface area contributed by atoms with E-state index in [-0.39, 0.29) is 5.91 Å². The number of rotatable bonds is 10. The Balaban J connectivity index is 1.25. The Morgan fingerprint density at radius 3 is 2.26 bits per heavy atom. The first-order valence-corrected chi connectivity index (χ1v) is 15.7. The molecule has 1 fully saturated rings. The second-order valence-electron chi connectivity index (χ2n) is 11.0. The molecule has 0 spiro atoms. The predicted molar refractivity (Wildman–Crippen MR) is 175 cm³/mol. The van der Waals surface area contributed by atoms with Crippen molar-refractivity contribution >= 4 is 33.1 Å². The number of carbonyl (C=O) groups is 1. The maximum Gasteiger partial charge on any atom is 0.257 e. The van der Waals surface area contributed by atoms with Crippen LogP contribution in [0.4, 0.5) is 5.69 Å². The number of hydrogen-bond acceptors (Lipinski definition) is 6. The van der Waals surface area contributed by atoms with Gasteiger partial charge in [0.05, 0.1) is 35.7 Å². The van der Waals surface area contributed by atoms with E-state index in [2.05, 4.69) is 65.3 Å². The van der Waals surface area contributed by atoms with Crippen LogP contribution in [0.15, 0.2) is 90.4 Å². The van der Waals surface area contributed by atoms with Crippen LogP contribution in [0, 0.1) is 0 Å². The van der Waals surface area contributed by atoms with Crippen LogP contribution < -0.4 is 14.8 Å². The largest absolute Gasteiger partial charge is 0.497 e. The van der Waals surface area contributed by atoms with Crippen molar-refractivity contribution in [3.8, 4) is 11.5 Å². The number of nitrogens with zero attached hydrogens (tertiary/aromatic N) is 2. The van der Waals surface area contributed by atoms with Gasteiger partial charge in [-0.15, -0.1) is 11.3 Å². The molecule has 1 amide bonds. The minimum atomic E-state index is 0.0508. The van der Waals surface area contributed by atoms with Crippen molar-refractivity contribution in [1.82, 2.24) is 9.88 Å². The van der Waals surface area contributed by atoms with Crippen LogP contribution in [0.3, 0.4) is 0 Å². The Morgan fingerprint density at radius 1 is 0.907 bits per heavy atom. The molecule has 0 bridgehead atoms. The standard InChI is InChI=1S/C36H37N3O3S/c1-41-30-19-26(20-31(21-30)42-2)13-14-29-24-43-35-33(29)38-23-32(34(35)37-22-25-9-5-3-6-10-25)36(40)39-17-15-28(16-18-39)27-11-7-4-8-12-27/h3-12,19-21,23-24,28H,13-18,22H2,1-2H3,(H,37,38). The minimum Gasteiger partial charge on any atom is -0.497 e. The van der Waals surface area contributed by atoms with Gasteiger partial charge in [0.25, 0.3) is 5.91 Å². The van der Waals surface area contributed by atoms with Crippen LogP contribution in [0.25, 0.3) is 10.2 Å². The normalized spacial score (nSPS) is 13.7. The molecule has 7 heteroatoms. The number of carbonyl (C=O) groups excluding carboxylic acids is 1. The Labute approximate surface area is 257 Å². The van der Waals surface area contributed by atoms with Gasteiger partial charge in [-0.25, -0.2) is 0 Å². The average molecular weight is 592 g/mol. The van der Waals surface area contributed by atoms with Crippen molar-refractivity contribution in [3.63, 3.8) is 0 Å². The van der Waals surface area contributed by atoms with E-state index >= 15 is 0 Å². The zero-order valence-electron chi connectivity index (χ0n) is 24.7. The number of benzene rings is 3. The van der Waals surface area contributed by atoms with Gasteiger partial charge in [-0.1, -0.05) is 60.7 Å². The van der Waals surface area contributed by atoms with Crippen LogP contribution in [0.2, 0.25) is 0 Å². The number of amides is 1. The van der Waals surface area contributed by atoms with Crippen LogP contribution in [-0.4, -0.2) is 43.1 Å². The summed E-state index contributed by atoms with van der Waals surface area (Å²) in [5.74, 6) is 2.11. The number of thiophene rings is 1. The lowest BCUT2D eigenvalue weighted by Crippen LogP contribution is -2.38. The fourth-order valence-corrected chi connectivity index (χ4v) is 7.01. The average Bonchev–Trinajstić information content (AvgIpc) is 3.50. The van der Waals surface area contributed by atoms with E-state index in [9.17, 15) is 4.79 Å². The number of ether oxygens (including phenoxy) is 2. The lowest BCUT2D eigenvalue weighted by atomic mass is 9.89. The summed E-state index contributed by atoms with van der Waals surface area (Å²) in [6, 6.07) is 26.9. The van der Waals surface area contributed by atoms with E-state index in [0.29, 0.717) is 18.0 Å². The van der Waals surface area contributed by atoms with E-state index in [0.717, 1.165) is 71.7 Å². The van der Waals surface area contributed by atoms with Crippen LogP contribution in [0.1, 0.15) is 51.4 Å². The van der Waals surface area contributed by atoms with Gasteiger partial charge in [0.1, 0.15) is 11.5 Å². The van der Waals surface area contributed by atoms with Crippen molar-refractivity contribution in [3.05, 3.63) is 118 Å². The van der Waals surface area contributed by atoms with Crippen molar-refractivity contribution in [1.29, 1.82) is 0 Å². The van der Waals surface area contributed by atoms with Gasteiger partial charge in [-0.2, -0.15) is 0 Å². The van der Waals surface area contributed by atoms with Gasteiger partial charge in [-0.3, -0.25) is 9.78 Å². The van der Waals surface area contributed by atoms with Gasteiger partial charge in [0.2, 0.25) is 0 Å². The molecule has 3 aromatic carbocycles. The number of pyridine rings is 1. The summed E-state index contributed by atoms with van der Waals surface area (Å²) in [6.45, 7) is 2.12. The summed E-state index contributed by atoms with van der Waals surface area (Å²) in [5.41, 5.74) is 7.32. The number of likely N-dealkylation sites (tertiary alicyclic amines) is 1. The summed E-state index contributed by atoms with van der Waals surface area (Å²) in [5, 5.41) is 5.82. The SMILES string of the molecule is COc1cc(CCc2csc3c(NCc4ccccc4)c(C(=O)N4CCC(c5ccccc5)CC4)cnc23)cc(OC)c1. The topological polar surface area (TPSA) is 63.7 Å². The molecule has 0 aliphatic carbocycles. The highest BCUT2D eigenvalue weighted by atomic mass is 32.1. The monoisotopic (exact) mass is 591 g/mol. The highest BCUT2D eigenvalue weighted by Gasteiger charge is 2.27. The minimum absolute atomic E-state index is 0.0508. The number of aromatic nitrogens is 1. The first kappa shape index (κ1) is 28.7. The zero-order chi connectivity index (χ0) is 29.6. The second kappa shape index (κ2) is 13.3. The molecule has 0 unspecified atom stereocenters. The summed E-state index contributed by atoms with van der Waals surface area (Å²) in [6.07, 6.45) is 5.37. The maximum absolute atomic E-state index is 14.0. The third-order valence-electron chi connectivity index (χ3n) is 8.35. The van der Waals surface area contributed by atoms with Crippen LogP contribution in [0.5, 0.6) is 11.5 Å². The lowest BCUT2D eigenvalue weighted by Gasteiger charge is -2.32. The highest BCUT2D eigenvalue weighted by molar-refractivity contribution is 7.18. The fraction of sp³-hybridized carbons (Fsp3) is 0.278. The number of hydrogen-bond donors (Lipinski definition) is 1. The summed E-state index contributed by atoms with van der Waals surface area (Å²) >= 11 is 1.66. The summed E-state index contributed by atoms with van der Waals surface area (Å²) < 4.78 is 12.0. The molecule has 3 heterocycles. The van der Waals surface area contributed by atoms with Gasteiger partial charge in [-0.05, 0) is 71.4 Å². The van der Waals surface area contributed by atoms with Crippen molar-refractivity contribution in [2.75, 3.05) is 32.6 Å². The number of anilines is 1. The maximum atomic E-state index is 14.0. The second-order valence-corrected chi connectivity index (χ2v) is 11.9. The summed E-state index contributed by atoms with van der Waals surface area (Å²) in [7, 11) is 3.34. The lowest BCUT2D eigenvalue weighted by molar-refractivity contribution is 0.0713.